The van der Waals surface area contributed by atoms with E-state index in [1.165, 1.54) is 0 Å². The molecule has 0 radical (unpaired) electrons. The zero-order valence-electron chi connectivity index (χ0n) is 26.1. The summed E-state index contributed by atoms with van der Waals surface area (Å²) in [5.41, 5.74) is 6.10. The van der Waals surface area contributed by atoms with Crippen molar-refractivity contribution < 1.29 is 39.1 Å². The van der Waals surface area contributed by atoms with E-state index in [1.54, 1.807) is 19.1 Å². The van der Waals surface area contributed by atoms with Crippen LogP contribution < -0.4 is 9.47 Å². The van der Waals surface area contributed by atoms with Gasteiger partial charge in [0, 0.05) is 0 Å². The molecule has 2 aliphatic rings. The van der Waals surface area contributed by atoms with Gasteiger partial charge in [0.15, 0.2) is 0 Å². The van der Waals surface area contributed by atoms with Crippen molar-refractivity contribution in [2.45, 2.75) is 37.4 Å². The topological polar surface area (TPSA) is 123 Å². The Balaban J connectivity index is 1.22. The van der Waals surface area contributed by atoms with Crippen LogP contribution in [0.3, 0.4) is 0 Å². The van der Waals surface area contributed by atoms with E-state index in [4.69, 9.17) is 14.2 Å². The number of hydrogen-bond acceptors (Lipinski definition) is 7. The highest BCUT2D eigenvalue weighted by Crippen LogP contribution is 2.56. The van der Waals surface area contributed by atoms with Crippen LogP contribution in [0.4, 0.5) is 0 Å². The molecule has 6 rings (SSSR count). The number of fused-ring (bicyclic) bond motifs is 3. The molecule has 4 unspecified atom stereocenters. The van der Waals surface area contributed by atoms with Crippen molar-refractivity contribution >= 4 is 11.9 Å². The fourth-order valence-electron chi connectivity index (χ4n) is 6.72. The van der Waals surface area contributed by atoms with Gasteiger partial charge >= 0.3 is 11.9 Å². The Morgan fingerprint density at radius 2 is 1.19 bits per heavy atom. The summed E-state index contributed by atoms with van der Waals surface area (Å²) in [5.74, 6) is -2.05. The number of esters is 1. The average Bonchev–Trinajstić information content (AvgIpc) is 3.40. The molecule has 4 aromatic rings. The normalized spacial score (nSPS) is 18.8. The first-order valence-corrected chi connectivity index (χ1v) is 15.9. The third kappa shape index (κ3) is 6.39. The zero-order valence-corrected chi connectivity index (χ0v) is 26.1. The van der Waals surface area contributed by atoms with Crippen molar-refractivity contribution in [2.75, 3.05) is 19.8 Å². The van der Waals surface area contributed by atoms with Crippen LogP contribution in [0.25, 0.3) is 11.1 Å². The molecule has 8 heteroatoms. The second-order valence-electron chi connectivity index (χ2n) is 12.1. The summed E-state index contributed by atoms with van der Waals surface area (Å²) in [4.78, 5) is 24.1. The van der Waals surface area contributed by atoms with Gasteiger partial charge in [-0.25, -0.2) is 0 Å². The number of hydrogen-bond donors (Lipinski definition) is 3. The van der Waals surface area contributed by atoms with Crippen LogP contribution in [0.1, 0.15) is 42.0 Å². The van der Waals surface area contributed by atoms with Gasteiger partial charge in [-0.15, -0.1) is 0 Å². The number of ether oxygens (including phenoxy) is 3. The van der Waals surface area contributed by atoms with Gasteiger partial charge < -0.3 is 29.5 Å². The Morgan fingerprint density at radius 3 is 1.70 bits per heavy atom. The van der Waals surface area contributed by atoms with Crippen molar-refractivity contribution in [1.82, 2.24) is 0 Å². The van der Waals surface area contributed by atoms with Gasteiger partial charge in [0.1, 0.15) is 37.4 Å². The summed E-state index contributed by atoms with van der Waals surface area (Å²) in [6.07, 6.45) is 2.46. The maximum absolute atomic E-state index is 12.6. The molecule has 2 aliphatic carbocycles. The van der Waals surface area contributed by atoms with E-state index in [0.29, 0.717) is 17.9 Å². The highest BCUT2D eigenvalue weighted by Gasteiger charge is 2.46. The summed E-state index contributed by atoms with van der Waals surface area (Å²) in [5, 5.41) is 29.6. The van der Waals surface area contributed by atoms with Crippen molar-refractivity contribution in [3.63, 3.8) is 0 Å². The zero-order chi connectivity index (χ0) is 33.0. The summed E-state index contributed by atoms with van der Waals surface area (Å²) in [6, 6.07) is 32.6. The van der Waals surface area contributed by atoms with E-state index in [9.17, 15) is 24.9 Å². The number of carboxylic acid groups (broad SMARTS) is 1. The summed E-state index contributed by atoms with van der Waals surface area (Å²) in [6.45, 7) is 1.49. The van der Waals surface area contributed by atoms with Crippen molar-refractivity contribution in [3.05, 3.63) is 131 Å². The first-order chi connectivity index (χ1) is 22.8. The van der Waals surface area contributed by atoms with Crippen LogP contribution in [0.2, 0.25) is 0 Å². The van der Waals surface area contributed by atoms with Gasteiger partial charge in [-0.05, 0) is 77.4 Å². The van der Waals surface area contributed by atoms with Crippen molar-refractivity contribution in [3.8, 4) is 22.6 Å². The Bertz CT molecular complexity index is 1700. The Morgan fingerprint density at radius 1 is 0.702 bits per heavy atom. The van der Waals surface area contributed by atoms with E-state index >= 15 is 0 Å². The molecule has 0 saturated heterocycles. The number of carboxylic acids is 1. The number of aliphatic hydroxyl groups excluding tert-OH is 2. The molecular formula is C39H38O8. The lowest BCUT2D eigenvalue weighted by atomic mass is 9.68. The number of allylic oxidation sites excluding steroid dienone is 2. The highest BCUT2D eigenvalue weighted by atomic mass is 16.5. The largest absolute Gasteiger partial charge is 0.491 e. The molecule has 3 N–H and O–H groups in total. The lowest BCUT2D eigenvalue weighted by Gasteiger charge is -2.34. The number of aliphatic hydroxyl groups is 2. The first-order valence-electron chi connectivity index (χ1n) is 15.9. The number of benzene rings is 4. The van der Waals surface area contributed by atoms with Crippen LogP contribution in [0, 0.1) is 11.8 Å². The van der Waals surface area contributed by atoms with Crippen LogP contribution in [-0.4, -0.2) is 59.3 Å². The summed E-state index contributed by atoms with van der Waals surface area (Å²) >= 11 is 0. The first kappa shape index (κ1) is 32.0. The molecule has 242 valence electrons. The van der Waals surface area contributed by atoms with Crippen LogP contribution in [0.5, 0.6) is 11.5 Å². The lowest BCUT2D eigenvalue weighted by molar-refractivity contribution is -0.160. The van der Waals surface area contributed by atoms with E-state index in [-0.39, 0.29) is 26.2 Å². The second kappa shape index (κ2) is 13.8. The van der Waals surface area contributed by atoms with Gasteiger partial charge in [0.05, 0.1) is 23.4 Å². The predicted octanol–water partition coefficient (Wildman–Crippen LogP) is 5.76. The molecule has 0 saturated carbocycles. The van der Waals surface area contributed by atoms with E-state index < -0.39 is 41.4 Å². The Labute approximate surface area is 273 Å². The smallest absolute Gasteiger partial charge is 0.310 e. The molecule has 8 nitrogen and oxygen atoms in total. The third-order valence-electron chi connectivity index (χ3n) is 8.93. The lowest BCUT2D eigenvalue weighted by Crippen LogP contribution is -2.34. The number of carbonyl (C=O) groups is 2. The molecule has 0 bridgehead atoms. The van der Waals surface area contributed by atoms with Gasteiger partial charge in [-0.2, -0.15) is 0 Å². The average molecular weight is 635 g/mol. The standard InChI is InChI=1S/C39H38O8/c1-25(40)22-45-29-18-14-26(15-19-29)39(35-12-6-4-8-31(35)32-9-5-7-13-36(32)39)27-16-20-30(21-17-27)46-23-28(41)24-47-38(44)34-11-3-2-10-33(34)37(42)43/h2-9,12-21,25,28,33-34,40-41H,10-11,22-24H2,1H3,(H,42,43). The van der Waals surface area contributed by atoms with Gasteiger partial charge in [0.25, 0.3) is 0 Å². The maximum atomic E-state index is 12.6. The quantitative estimate of drug-likeness (QED) is 0.117. The molecule has 0 heterocycles. The van der Waals surface area contributed by atoms with Crippen LogP contribution in [0.15, 0.2) is 109 Å². The van der Waals surface area contributed by atoms with E-state index in [1.807, 2.05) is 36.4 Å². The second-order valence-corrected chi connectivity index (χ2v) is 12.1. The molecular weight excluding hydrogens is 596 g/mol. The predicted molar refractivity (Wildman–Crippen MR) is 176 cm³/mol. The molecule has 4 aromatic carbocycles. The molecule has 0 aromatic heterocycles. The van der Waals surface area contributed by atoms with Crippen molar-refractivity contribution in [2.24, 2.45) is 11.8 Å². The van der Waals surface area contributed by atoms with E-state index in [0.717, 1.165) is 33.4 Å². The van der Waals surface area contributed by atoms with Gasteiger partial charge in [0.2, 0.25) is 0 Å². The fraction of sp³-hybridized carbons (Fsp3) is 0.282. The van der Waals surface area contributed by atoms with Crippen LogP contribution in [-0.2, 0) is 19.7 Å². The minimum absolute atomic E-state index is 0.107. The number of aliphatic carboxylic acids is 1. The van der Waals surface area contributed by atoms with E-state index in [2.05, 4.69) is 60.7 Å². The van der Waals surface area contributed by atoms with Gasteiger partial charge in [-0.3, -0.25) is 9.59 Å². The fourth-order valence-corrected chi connectivity index (χ4v) is 6.72. The monoisotopic (exact) mass is 634 g/mol. The number of rotatable bonds is 12. The molecule has 4 atom stereocenters. The summed E-state index contributed by atoms with van der Waals surface area (Å²) < 4.78 is 16.9. The summed E-state index contributed by atoms with van der Waals surface area (Å²) in [7, 11) is 0. The SMILES string of the molecule is CC(O)COc1ccc(C2(c3ccc(OCC(O)COC(=O)C4CC=CCC4C(=O)O)cc3)c3ccccc3-c3ccccc32)cc1. The molecule has 0 fully saturated rings. The van der Waals surface area contributed by atoms with Gasteiger partial charge in [-0.1, -0.05) is 84.9 Å². The number of carbonyl (C=O) groups excluding carboxylic acids is 1. The minimum atomic E-state index is -1.09. The third-order valence-corrected chi connectivity index (χ3v) is 8.93. The molecule has 0 aliphatic heterocycles. The van der Waals surface area contributed by atoms with Crippen LogP contribution >= 0.6 is 0 Å². The van der Waals surface area contributed by atoms with Crippen molar-refractivity contribution in [1.29, 1.82) is 0 Å². The molecule has 47 heavy (non-hydrogen) atoms. The Kier molecular flexibility index (Phi) is 9.43. The molecule has 0 amide bonds. The maximum Gasteiger partial charge on any atom is 0.310 e. The molecule has 0 spiro atoms. The Hall–Kier alpha value is -4.92. The highest BCUT2D eigenvalue weighted by molar-refractivity contribution is 5.86. The minimum Gasteiger partial charge on any atom is -0.491 e.